The first-order valence-electron chi connectivity index (χ1n) is 7.48. The molecule has 2 saturated carbocycles. The predicted molar refractivity (Wildman–Crippen MR) is 72.1 cm³/mol. The van der Waals surface area contributed by atoms with Crippen LogP contribution in [0, 0.1) is 17.3 Å². The van der Waals surface area contributed by atoms with E-state index in [4.69, 9.17) is 0 Å². The predicted octanol–water partition coefficient (Wildman–Crippen LogP) is 2.48. The Hall–Kier alpha value is -0.570. The van der Waals surface area contributed by atoms with Crippen LogP contribution in [0.2, 0.25) is 0 Å². The van der Waals surface area contributed by atoms with E-state index >= 15 is 0 Å². The molecule has 0 radical (unpaired) electrons. The first-order chi connectivity index (χ1) is 8.51. The standard InChI is InChI=1S/C15H27NO2/c1-15(2,12-7-3-4-8-12)14(18)16-10-11-6-5-9-13(11)17/h11-13,17H,3-10H2,1-2H3,(H,16,18). The van der Waals surface area contributed by atoms with E-state index < -0.39 is 0 Å². The fraction of sp³-hybridized carbons (Fsp3) is 0.933. The molecule has 0 aromatic carbocycles. The van der Waals surface area contributed by atoms with Gasteiger partial charge in [-0.2, -0.15) is 0 Å². The van der Waals surface area contributed by atoms with Crippen molar-refractivity contribution in [2.75, 3.05) is 6.54 Å². The molecule has 2 unspecified atom stereocenters. The van der Waals surface area contributed by atoms with Crippen molar-refractivity contribution in [1.82, 2.24) is 5.32 Å². The molecule has 0 aromatic heterocycles. The van der Waals surface area contributed by atoms with Gasteiger partial charge in [-0.25, -0.2) is 0 Å². The van der Waals surface area contributed by atoms with Crippen LogP contribution in [0.1, 0.15) is 58.8 Å². The minimum absolute atomic E-state index is 0.175. The summed E-state index contributed by atoms with van der Waals surface area (Å²) in [6.45, 7) is 4.79. The summed E-state index contributed by atoms with van der Waals surface area (Å²) < 4.78 is 0. The lowest BCUT2D eigenvalue weighted by Gasteiger charge is -2.31. The van der Waals surface area contributed by atoms with Crippen LogP contribution in [-0.2, 0) is 4.79 Å². The smallest absolute Gasteiger partial charge is 0.225 e. The number of carbonyl (C=O) groups is 1. The molecule has 2 N–H and O–H groups in total. The van der Waals surface area contributed by atoms with Crippen molar-refractivity contribution in [2.24, 2.45) is 17.3 Å². The van der Waals surface area contributed by atoms with Gasteiger partial charge in [-0.3, -0.25) is 4.79 Å². The van der Waals surface area contributed by atoms with Crippen LogP contribution in [0.15, 0.2) is 0 Å². The Bertz CT molecular complexity index is 295. The maximum atomic E-state index is 12.3. The summed E-state index contributed by atoms with van der Waals surface area (Å²) >= 11 is 0. The molecule has 2 rings (SSSR count). The third kappa shape index (κ3) is 2.87. The van der Waals surface area contributed by atoms with Crippen LogP contribution < -0.4 is 5.32 Å². The molecule has 104 valence electrons. The summed E-state index contributed by atoms with van der Waals surface area (Å²) in [5.74, 6) is 0.979. The molecular weight excluding hydrogens is 226 g/mol. The summed E-state index contributed by atoms with van der Waals surface area (Å²) in [5.41, 5.74) is -0.250. The van der Waals surface area contributed by atoms with E-state index in [1.165, 1.54) is 25.7 Å². The highest BCUT2D eigenvalue weighted by molar-refractivity contribution is 5.82. The first-order valence-corrected chi connectivity index (χ1v) is 7.48. The Morgan fingerprint density at radius 3 is 2.39 bits per heavy atom. The number of aliphatic hydroxyl groups is 1. The van der Waals surface area contributed by atoms with Crippen molar-refractivity contribution in [3.8, 4) is 0 Å². The quantitative estimate of drug-likeness (QED) is 0.808. The van der Waals surface area contributed by atoms with E-state index in [-0.39, 0.29) is 23.3 Å². The summed E-state index contributed by atoms with van der Waals surface area (Å²) in [6, 6.07) is 0. The van der Waals surface area contributed by atoms with Gasteiger partial charge in [0.1, 0.15) is 0 Å². The number of hydrogen-bond donors (Lipinski definition) is 2. The fourth-order valence-corrected chi connectivity index (χ4v) is 3.54. The number of carbonyl (C=O) groups excluding carboxylic acids is 1. The van der Waals surface area contributed by atoms with Gasteiger partial charge in [-0.05, 0) is 31.6 Å². The minimum Gasteiger partial charge on any atom is -0.393 e. The summed E-state index contributed by atoms with van der Waals surface area (Å²) in [6.07, 6.45) is 7.73. The van der Waals surface area contributed by atoms with Crippen LogP contribution in [0.25, 0.3) is 0 Å². The average molecular weight is 253 g/mol. The number of rotatable bonds is 4. The molecule has 0 heterocycles. The normalized spacial score (nSPS) is 29.7. The van der Waals surface area contributed by atoms with Crippen molar-refractivity contribution >= 4 is 5.91 Å². The van der Waals surface area contributed by atoms with Gasteiger partial charge in [-0.1, -0.05) is 33.1 Å². The van der Waals surface area contributed by atoms with E-state index in [1.807, 2.05) is 0 Å². The molecule has 0 aromatic rings. The zero-order chi connectivity index (χ0) is 13.2. The lowest BCUT2D eigenvalue weighted by molar-refractivity contribution is -0.132. The molecule has 3 heteroatoms. The van der Waals surface area contributed by atoms with E-state index in [0.717, 1.165) is 19.3 Å². The van der Waals surface area contributed by atoms with Gasteiger partial charge in [0.2, 0.25) is 5.91 Å². The molecular formula is C15H27NO2. The molecule has 0 bridgehead atoms. The molecule has 1 amide bonds. The number of amides is 1. The molecule has 2 aliphatic rings. The zero-order valence-corrected chi connectivity index (χ0v) is 11.7. The highest BCUT2D eigenvalue weighted by Crippen LogP contribution is 2.39. The van der Waals surface area contributed by atoms with E-state index in [9.17, 15) is 9.90 Å². The van der Waals surface area contributed by atoms with Crippen molar-refractivity contribution in [3.63, 3.8) is 0 Å². The maximum absolute atomic E-state index is 12.3. The number of hydrogen-bond acceptors (Lipinski definition) is 2. The minimum atomic E-state index is -0.250. The second-order valence-electron chi connectivity index (χ2n) is 6.67. The van der Waals surface area contributed by atoms with Gasteiger partial charge in [-0.15, -0.1) is 0 Å². The Morgan fingerprint density at radius 2 is 1.83 bits per heavy atom. The highest BCUT2D eigenvalue weighted by atomic mass is 16.3. The molecule has 2 atom stereocenters. The first kappa shape index (κ1) is 13.9. The lowest BCUT2D eigenvalue weighted by Crippen LogP contribution is -2.43. The Morgan fingerprint density at radius 1 is 1.17 bits per heavy atom. The molecule has 3 nitrogen and oxygen atoms in total. The Balaban J connectivity index is 1.82. The van der Waals surface area contributed by atoms with Crippen molar-refractivity contribution in [3.05, 3.63) is 0 Å². The van der Waals surface area contributed by atoms with Gasteiger partial charge in [0, 0.05) is 17.9 Å². The lowest BCUT2D eigenvalue weighted by atomic mass is 9.77. The number of nitrogens with one attached hydrogen (secondary N) is 1. The van der Waals surface area contributed by atoms with Crippen LogP contribution >= 0.6 is 0 Å². The van der Waals surface area contributed by atoms with Gasteiger partial charge in [0.15, 0.2) is 0 Å². The van der Waals surface area contributed by atoms with Crippen LogP contribution in [0.4, 0.5) is 0 Å². The SMILES string of the molecule is CC(C)(C(=O)NCC1CCCC1O)C1CCCC1. The van der Waals surface area contributed by atoms with Gasteiger partial charge < -0.3 is 10.4 Å². The average Bonchev–Trinajstić information content (AvgIpc) is 2.97. The molecule has 18 heavy (non-hydrogen) atoms. The molecule has 0 aliphatic heterocycles. The Labute approximate surface area is 110 Å². The molecule has 2 aliphatic carbocycles. The van der Waals surface area contributed by atoms with E-state index in [2.05, 4.69) is 19.2 Å². The fourth-order valence-electron chi connectivity index (χ4n) is 3.54. The molecule has 2 fully saturated rings. The second-order valence-corrected chi connectivity index (χ2v) is 6.67. The molecule has 0 saturated heterocycles. The monoisotopic (exact) mass is 253 g/mol. The topological polar surface area (TPSA) is 49.3 Å². The van der Waals surface area contributed by atoms with E-state index in [0.29, 0.717) is 12.5 Å². The highest BCUT2D eigenvalue weighted by Gasteiger charge is 2.38. The van der Waals surface area contributed by atoms with Crippen LogP contribution in [0.3, 0.4) is 0 Å². The van der Waals surface area contributed by atoms with Crippen molar-refractivity contribution in [2.45, 2.75) is 64.9 Å². The van der Waals surface area contributed by atoms with Gasteiger partial charge in [0.25, 0.3) is 0 Å². The number of aliphatic hydroxyl groups excluding tert-OH is 1. The second kappa shape index (κ2) is 5.60. The zero-order valence-electron chi connectivity index (χ0n) is 11.7. The van der Waals surface area contributed by atoms with Gasteiger partial charge in [0.05, 0.1) is 6.10 Å². The maximum Gasteiger partial charge on any atom is 0.225 e. The van der Waals surface area contributed by atoms with E-state index in [1.54, 1.807) is 0 Å². The summed E-state index contributed by atoms with van der Waals surface area (Å²) in [4.78, 5) is 12.3. The third-order valence-electron chi connectivity index (χ3n) is 5.10. The summed E-state index contributed by atoms with van der Waals surface area (Å²) in [7, 11) is 0. The molecule has 0 spiro atoms. The van der Waals surface area contributed by atoms with Crippen LogP contribution in [0.5, 0.6) is 0 Å². The van der Waals surface area contributed by atoms with Gasteiger partial charge >= 0.3 is 0 Å². The van der Waals surface area contributed by atoms with Crippen molar-refractivity contribution in [1.29, 1.82) is 0 Å². The largest absolute Gasteiger partial charge is 0.393 e. The van der Waals surface area contributed by atoms with Crippen molar-refractivity contribution < 1.29 is 9.90 Å². The Kier molecular flexibility index (Phi) is 4.31. The van der Waals surface area contributed by atoms with Crippen LogP contribution in [-0.4, -0.2) is 23.7 Å². The third-order valence-corrected chi connectivity index (χ3v) is 5.10. The summed E-state index contributed by atoms with van der Waals surface area (Å²) in [5, 5.41) is 12.8.